The fraction of sp³-hybridized carbons (Fsp3) is 0.278. The van der Waals surface area contributed by atoms with Gasteiger partial charge in [0.25, 0.3) is 0 Å². The predicted octanol–water partition coefficient (Wildman–Crippen LogP) is 4.12. The van der Waals surface area contributed by atoms with Crippen molar-refractivity contribution in [2.45, 2.75) is 19.3 Å². The van der Waals surface area contributed by atoms with E-state index in [4.69, 9.17) is 0 Å². The molecule has 1 fully saturated rings. The van der Waals surface area contributed by atoms with Gasteiger partial charge in [0, 0.05) is 18.8 Å². The normalized spacial score (nSPS) is 15.3. The number of hydrazone groups is 1. The second kappa shape index (κ2) is 6.93. The molecule has 3 nitrogen and oxygen atoms in total. The summed E-state index contributed by atoms with van der Waals surface area (Å²) in [4.78, 5) is 2.46. The van der Waals surface area contributed by atoms with E-state index >= 15 is 0 Å². The number of anilines is 2. The molecule has 3 heteroatoms. The van der Waals surface area contributed by atoms with Crippen LogP contribution in [0.4, 0.5) is 11.4 Å². The lowest BCUT2D eigenvalue weighted by Crippen LogP contribution is -2.29. The lowest BCUT2D eigenvalue weighted by molar-refractivity contribution is 0.578. The first-order valence-corrected chi connectivity index (χ1v) is 7.61. The number of nitrogens with one attached hydrogen (secondary N) is 1. The largest absolute Gasteiger partial charge is 0.372 e. The van der Waals surface area contributed by atoms with Crippen molar-refractivity contribution >= 4 is 17.6 Å². The maximum absolute atomic E-state index is 4.27. The minimum Gasteiger partial charge on any atom is -0.372 e. The summed E-state index contributed by atoms with van der Waals surface area (Å²) in [6, 6.07) is 18.6. The monoisotopic (exact) mass is 279 g/mol. The second-order valence-corrected chi connectivity index (χ2v) is 5.38. The van der Waals surface area contributed by atoms with Crippen LogP contribution in [-0.4, -0.2) is 19.3 Å². The van der Waals surface area contributed by atoms with Crippen molar-refractivity contribution in [2.75, 3.05) is 23.4 Å². The highest BCUT2D eigenvalue weighted by molar-refractivity contribution is 5.81. The maximum atomic E-state index is 4.27. The third-order valence-electron chi connectivity index (χ3n) is 3.80. The average Bonchev–Trinajstić information content (AvgIpc) is 2.57. The number of nitrogens with zero attached hydrogens (tertiary/aromatic N) is 2. The summed E-state index contributed by atoms with van der Waals surface area (Å²) >= 11 is 0. The fourth-order valence-electron chi connectivity index (χ4n) is 2.62. The molecule has 2 aromatic rings. The van der Waals surface area contributed by atoms with Crippen LogP contribution in [0.3, 0.4) is 0 Å². The molecule has 0 aromatic heterocycles. The number of rotatable bonds is 4. The highest BCUT2D eigenvalue weighted by atomic mass is 15.3. The quantitative estimate of drug-likeness (QED) is 0.673. The van der Waals surface area contributed by atoms with E-state index in [0.717, 1.165) is 11.3 Å². The highest BCUT2D eigenvalue weighted by Crippen LogP contribution is 2.19. The van der Waals surface area contributed by atoms with Gasteiger partial charge in [-0.1, -0.05) is 30.3 Å². The Morgan fingerprint density at radius 3 is 2.29 bits per heavy atom. The van der Waals surface area contributed by atoms with Gasteiger partial charge in [-0.15, -0.1) is 0 Å². The van der Waals surface area contributed by atoms with E-state index in [2.05, 4.69) is 39.7 Å². The predicted molar refractivity (Wildman–Crippen MR) is 90.2 cm³/mol. The van der Waals surface area contributed by atoms with Crippen LogP contribution in [0.15, 0.2) is 59.7 Å². The van der Waals surface area contributed by atoms with E-state index in [9.17, 15) is 0 Å². The van der Waals surface area contributed by atoms with Crippen molar-refractivity contribution in [3.05, 3.63) is 60.2 Å². The van der Waals surface area contributed by atoms with Crippen LogP contribution >= 0.6 is 0 Å². The van der Waals surface area contributed by atoms with E-state index in [1.54, 1.807) is 0 Å². The van der Waals surface area contributed by atoms with E-state index < -0.39 is 0 Å². The number of benzene rings is 2. The van der Waals surface area contributed by atoms with Gasteiger partial charge in [0.2, 0.25) is 0 Å². The molecule has 0 bridgehead atoms. The molecule has 1 aliphatic heterocycles. The third-order valence-corrected chi connectivity index (χ3v) is 3.80. The SMILES string of the molecule is C(=N/Nc1ccccc1)/c1ccc(N2CCCCC2)cc1. The van der Waals surface area contributed by atoms with Crippen molar-refractivity contribution in [1.82, 2.24) is 0 Å². The van der Waals surface area contributed by atoms with E-state index in [-0.39, 0.29) is 0 Å². The van der Waals surface area contributed by atoms with Crippen molar-refractivity contribution in [3.63, 3.8) is 0 Å². The second-order valence-electron chi connectivity index (χ2n) is 5.38. The van der Waals surface area contributed by atoms with Crippen molar-refractivity contribution in [1.29, 1.82) is 0 Å². The lowest BCUT2D eigenvalue weighted by atomic mass is 10.1. The van der Waals surface area contributed by atoms with E-state index in [1.807, 2.05) is 36.5 Å². The van der Waals surface area contributed by atoms with Crippen molar-refractivity contribution in [3.8, 4) is 0 Å². The van der Waals surface area contributed by atoms with Gasteiger partial charge in [-0.25, -0.2) is 0 Å². The average molecular weight is 279 g/mol. The van der Waals surface area contributed by atoms with Gasteiger partial charge >= 0.3 is 0 Å². The molecule has 0 atom stereocenters. The maximum Gasteiger partial charge on any atom is 0.0561 e. The van der Waals surface area contributed by atoms with E-state index in [0.29, 0.717) is 0 Å². The topological polar surface area (TPSA) is 27.6 Å². The first-order valence-electron chi connectivity index (χ1n) is 7.61. The van der Waals surface area contributed by atoms with Crippen molar-refractivity contribution in [2.24, 2.45) is 5.10 Å². The summed E-state index contributed by atoms with van der Waals surface area (Å²) in [6.45, 7) is 2.37. The van der Waals surface area contributed by atoms with Crippen LogP contribution in [0.2, 0.25) is 0 Å². The van der Waals surface area contributed by atoms with Crippen LogP contribution in [0.5, 0.6) is 0 Å². The zero-order valence-corrected chi connectivity index (χ0v) is 12.2. The van der Waals surface area contributed by atoms with Crippen LogP contribution in [0.1, 0.15) is 24.8 Å². The molecule has 0 spiro atoms. The Labute approximate surface area is 126 Å². The minimum absolute atomic E-state index is 0.999. The number of piperidine rings is 1. The molecule has 1 aliphatic rings. The summed E-state index contributed by atoms with van der Waals surface area (Å²) in [5.41, 5.74) is 6.46. The molecule has 0 aliphatic carbocycles. The van der Waals surface area contributed by atoms with E-state index in [1.165, 1.54) is 38.0 Å². The first-order chi connectivity index (χ1) is 10.4. The van der Waals surface area contributed by atoms with Crippen molar-refractivity contribution < 1.29 is 0 Å². The standard InChI is InChI=1S/C18H21N3/c1-3-7-17(8-4-1)20-19-15-16-9-11-18(12-10-16)21-13-5-2-6-14-21/h1,3-4,7-12,15,20H,2,5-6,13-14H2/b19-15-. The molecule has 1 heterocycles. The van der Waals surface area contributed by atoms with Gasteiger partial charge in [-0.3, -0.25) is 5.43 Å². The van der Waals surface area contributed by atoms with Gasteiger partial charge in [-0.05, 0) is 49.1 Å². The summed E-state index contributed by atoms with van der Waals surface area (Å²) in [5.74, 6) is 0. The summed E-state index contributed by atoms with van der Waals surface area (Å²) in [6.07, 6.45) is 5.84. The molecule has 0 saturated carbocycles. The smallest absolute Gasteiger partial charge is 0.0561 e. The molecule has 0 unspecified atom stereocenters. The number of hydrogen-bond donors (Lipinski definition) is 1. The lowest BCUT2D eigenvalue weighted by Gasteiger charge is -2.28. The van der Waals surface area contributed by atoms with Crippen LogP contribution in [-0.2, 0) is 0 Å². The molecule has 0 radical (unpaired) electrons. The molecular formula is C18H21N3. The Balaban J connectivity index is 1.59. The highest BCUT2D eigenvalue weighted by Gasteiger charge is 2.09. The Morgan fingerprint density at radius 1 is 0.857 bits per heavy atom. The zero-order valence-electron chi connectivity index (χ0n) is 12.2. The van der Waals surface area contributed by atoms with Gasteiger partial charge in [-0.2, -0.15) is 5.10 Å². The molecule has 1 saturated heterocycles. The Morgan fingerprint density at radius 2 is 1.57 bits per heavy atom. The Bertz CT molecular complexity index is 569. The zero-order chi connectivity index (χ0) is 14.3. The summed E-state index contributed by atoms with van der Waals surface area (Å²) < 4.78 is 0. The molecule has 1 N–H and O–H groups in total. The van der Waals surface area contributed by atoms with Gasteiger partial charge in [0.1, 0.15) is 0 Å². The van der Waals surface area contributed by atoms with Crippen LogP contribution in [0.25, 0.3) is 0 Å². The molecule has 21 heavy (non-hydrogen) atoms. The van der Waals surface area contributed by atoms with Crippen LogP contribution in [0, 0.1) is 0 Å². The van der Waals surface area contributed by atoms with Gasteiger partial charge < -0.3 is 4.90 Å². The summed E-state index contributed by atoms with van der Waals surface area (Å²) in [5, 5.41) is 4.27. The Kier molecular flexibility index (Phi) is 4.52. The molecule has 2 aromatic carbocycles. The molecule has 3 rings (SSSR count). The number of hydrogen-bond acceptors (Lipinski definition) is 3. The minimum atomic E-state index is 0.999. The summed E-state index contributed by atoms with van der Waals surface area (Å²) in [7, 11) is 0. The third kappa shape index (κ3) is 3.85. The number of para-hydroxylation sites is 1. The molecule has 108 valence electrons. The van der Waals surface area contributed by atoms with Gasteiger partial charge in [0.15, 0.2) is 0 Å². The Hall–Kier alpha value is -2.29. The fourth-order valence-corrected chi connectivity index (χ4v) is 2.62. The first kappa shape index (κ1) is 13.7. The van der Waals surface area contributed by atoms with Gasteiger partial charge in [0.05, 0.1) is 11.9 Å². The molecular weight excluding hydrogens is 258 g/mol. The van der Waals surface area contributed by atoms with Crippen LogP contribution < -0.4 is 10.3 Å². The molecule has 0 amide bonds.